The van der Waals surface area contributed by atoms with Gasteiger partial charge in [-0.25, -0.2) is 4.79 Å². The Hall–Kier alpha value is -2.29. The van der Waals surface area contributed by atoms with E-state index >= 15 is 0 Å². The first-order valence-electron chi connectivity index (χ1n) is 16.9. The number of allylic oxidation sites excluding steroid dienone is 1. The van der Waals surface area contributed by atoms with E-state index in [4.69, 9.17) is 9.47 Å². The molecule has 3 N–H and O–H groups in total. The molecule has 0 heterocycles. The number of carbonyl (C=O) groups excluding carboxylic acids is 3. The second-order valence-corrected chi connectivity index (χ2v) is 14.9. The molecule has 0 aromatic rings. The molecule has 0 aromatic heterocycles. The number of ketones is 1. The molecule has 1 fully saturated rings. The lowest BCUT2D eigenvalue weighted by Gasteiger charge is -2.54. The van der Waals surface area contributed by atoms with Crippen LogP contribution in [-0.4, -0.2) is 63.1 Å². The molecule has 0 unspecified atom stereocenters. The maximum atomic E-state index is 13.6. The van der Waals surface area contributed by atoms with E-state index in [-0.39, 0.29) is 19.0 Å². The average molecular weight is 631 g/mol. The second kappa shape index (κ2) is 13.8. The van der Waals surface area contributed by atoms with Crippen molar-refractivity contribution >= 4 is 17.7 Å². The molecule has 1 saturated carbocycles. The number of carbonyl (C=O) groups is 3. The van der Waals surface area contributed by atoms with Gasteiger partial charge >= 0.3 is 11.9 Å². The number of rotatable bonds is 15. The largest absolute Gasteiger partial charge is 0.462 e. The number of Topliss-reactive ketones (excluding diaryl/α,β-unsaturated/α-hetero) is 1. The number of hydrogen-bond donors (Lipinski definition) is 3. The maximum Gasteiger partial charge on any atom is 0.333 e. The van der Waals surface area contributed by atoms with E-state index in [9.17, 15) is 29.7 Å². The lowest BCUT2D eigenvalue weighted by molar-refractivity contribution is -0.207. The van der Waals surface area contributed by atoms with Crippen molar-refractivity contribution in [1.29, 1.82) is 0 Å². The Kier molecular flexibility index (Phi) is 11.4. The maximum absolute atomic E-state index is 13.6. The van der Waals surface area contributed by atoms with E-state index in [1.165, 1.54) is 25.7 Å². The van der Waals surface area contributed by atoms with E-state index in [1.807, 2.05) is 20.8 Å². The molecule has 0 bridgehead atoms. The zero-order valence-electron chi connectivity index (χ0n) is 29.1. The third-order valence-corrected chi connectivity index (χ3v) is 11.7. The second-order valence-electron chi connectivity index (χ2n) is 14.9. The zero-order chi connectivity index (χ0) is 34.0. The topological polar surface area (TPSA) is 130 Å². The highest BCUT2D eigenvalue weighted by Gasteiger charge is 2.79. The summed E-state index contributed by atoms with van der Waals surface area (Å²) in [6.45, 7) is 15.9. The number of unbranched alkanes of at least 4 members (excludes halogenated alkanes) is 6. The van der Waals surface area contributed by atoms with Crippen molar-refractivity contribution in [3.05, 3.63) is 34.9 Å². The van der Waals surface area contributed by atoms with Gasteiger partial charge in [0.05, 0.1) is 24.2 Å². The molecular weight excluding hydrogens is 572 g/mol. The Labute approximate surface area is 270 Å². The van der Waals surface area contributed by atoms with Crippen molar-refractivity contribution in [3.63, 3.8) is 0 Å². The zero-order valence-corrected chi connectivity index (χ0v) is 29.1. The minimum Gasteiger partial charge on any atom is -0.462 e. The Bertz CT molecular complexity index is 1230. The summed E-state index contributed by atoms with van der Waals surface area (Å²) in [6, 6.07) is 0. The average Bonchev–Trinajstić information content (AvgIpc) is 3.37. The lowest BCUT2D eigenvalue weighted by atomic mass is 9.55. The van der Waals surface area contributed by atoms with E-state index in [1.54, 1.807) is 52.8 Å². The Morgan fingerprint density at radius 2 is 1.67 bits per heavy atom. The molecule has 0 radical (unpaired) electrons. The van der Waals surface area contributed by atoms with Crippen LogP contribution in [0.4, 0.5) is 0 Å². The minimum absolute atomic E-state index is 0.155. The van der Waals surface area contributed by atoms with Crippen molar-refractivity contribution in [2.75, 3.05) is 13.2 Å². The van der Waals surface area contributed by atoms with Gasteiger partial charge in [-0.15, -0.1) is 0 Å². The van der Waals surface area contributed by atoms with Crippen LogP contribution in [-0.2, 0) is 23.9 Å². The molecule has 3 aliphatic rings. The lowest BCUT2D eigenvalue weighted by Crippen LogP contribution is -2.66. The van der Waals surface area contributed by atoms with Crippen molar-refractivity contribution in [2.24, 2.45) is 28.6 Å². The van der Waals surface area contributed by atoms with Gasteiger partial charge in [0, 0.05) is 41.6 Å². The Morgan fingerprint density at radius 1 is 1.07 bits per heavy atom. The third kappa shape index (κ3) is 6.36. The molecule has 0 saturated heterocycles. The summed E-state index contributed by atoms with van der Waals surface area (Å²) in [7, 11) is 0. The van der Waals surface area contributed by atoms with Gasteiger partial charge < -0.3 is 24.8 Å². The SMILES string of the molecule is C/C=C(\C)C(=O)OC[C@@H](C)[C@@]1(O)[C@H]([C@@H]2C(C)(C)[C@@]2(C)OC(=O)CCCCCCCCC)C=C(CO)C[C@]2(O)C(=O)C(C)=C[C@@]12C. The summed E-state index contributed by atoms with van der Waals surface area (Å²) in [5.41, 5.74) is -5.76. The Morgan fingerprint density at radius 3 is 2.24 bits per heavy atom. The molecule has 3 aliphatic carbocycles. The summed E-state index contributed by atoms with van der Waals surface area (Å²) in [4.78, 5) is 39.4. The van der Waals surface area contributed by atoms with Gasteiger partial charge in [-0.2, -0.15) is 0 Å². The van der Waals surface area contributed by atoms with Crippen LogP contribution in [0.2, 0.25) is 0 Å². The quantitative estimate of drug-likeness (QED) is 0.0848. The minimum atomic E-state index is -2.03. The van der Waals surface area contributed by atoms with Gasteiger partial charge in [0.1, 0.15) is 11.2 Å². The van der Waals surface area contributed by atoms with Crippen LogP contribution in [0, 0.1) is 28.6 Å². The molecule has 0 aliphatic heterocycles. The van der Waals surface area contributed by atoms with Crippen molar-refractivity contribution < 1.29 is 39.2 Å². The highest BCUT2D eigenvalue weighted by atomic mass is 16.6. The molecular formula is C37H58O8. The summed E-state index contributed by atoms with van der Waals surface area (Å²) < 4.78 is 11.9. The molecule has 7 atom stereocenters. The molecule has 45 heavy (non-hydrogen) atoms. The third-order valence-electron chi connectivity index (χ3n) is 11.7. The van der Waals surface area contributed by atoms with Gasteiger partial charge in [0.25, 0.3) is 0 Å². The predicted molar refractivity (Wildman–Crippen MR) is 174 cm³/mol. The molecule has 3 rings (SSSR count). The summed E-state index contributed by atoms with van der Waals surface area (Å²) >= 11 is 0. The van der Waals surface area contributed by atoms with Crippen molar-refractivity contribution in [3.8, 4) is 0 Å². The standard InChI is InChI=1S/C37H58O8/c1-10-12-13-14-15-16-17-18-29(39)45-35(9)30(33(35,6)7)28-19-27(22-38)21-36(42)31(40)25(4)20-34(36,8)37(28,43)26(5)23-44-32(41)24(3)11-2/h11,19-20,26,28,30,38,42-43H,10,12-18,21-23H2,1-9H3/b24-11+/t26-,28+,30-,34-,35+,36+,37-/m1/s1. The fourth-order valence-corrected chi connectivity index (χ4v) is 8.35. The molecule has 0 aromatic carbocycles. The van der Waals surface area contributed by atoms with Gasteiger partial charge in [-0.1, -0.05) is 91.4 Å². The highest BCUT2D eigenvalue weighted by molar-refractivity contribution is 6.05. The van der Waals surface area contributed by atoms with E-state index in [0.29, 0.717) is 23.1 Å². The van der Waals surface area contributed by atoms with Gasteiger partial charge in [0.2, 0.25) is 0 Å². The van der Waals surface area contributed by atoms with Crippen LogP contribution in [0.15, 0.2) is 34.9 Å². The molecule has 254 valence electrons. The fraction of sp³-hybridized carbons (Fsp3) is 0.757. The van der Waals surface area contributed by atoms with E-state index in [2.05, 4.69) is 6.92 Å². The van der Waals surface area contributed by atoms with Crippen LogP contribution in [0.25, 0.3) is 0 Å². The van der Waals surface area contributed by atoms with Crippen LogP contribution >= 0.6 is 0 Å². The molecule has 8 heteroatoms. The summed E-state index contributed by atoms with van der Waals surface area (Å²) in [6.07, 6.45) is 12.8. The first kappa shape index (κ1) is 37.2. The number of esters is 2. The van der Waals surface area contributed by atoms with Crippen LogP contribution < -0.4 is 0 Å². The van der Waals surface area contributed by atoms with E-state index in [0.717, 1.165) is 19.3 Å². The van der Waals surface area contributed by atoms with Gasteiger partial charge in [-0.05, 0) is 45.3 Å². The van der Waals surface area contributed by atoms with Crippen LogP contribution in [0.1, 0.15) is 120 Å². The molecule has 0 amide bonds. The predicted octanol–water partition coefficient (Wildman–Crippen LogP) is 6.17. The summed E-state index contributed by atoms with van der Waals surface area (Å²) in [5, 5.41) is 35.8. The van der Waals surface area contributed by atoms with Crippen LogP contribution in [0.3, 0.4) is 0 Å². The number of hydrogen-bond acceptors (Lipinski definition) is 8. The molecule has 8 nitrogen and oxygen atoms in total. The van der Waals surface area contributed by atoms with Crippen LogP contribution in [0.5, 0.6) is 0 Å². The number of aliphatic hydroxyl groups is 3. The highest BCUT2D eigenvalue weighted by Crippen LogP contribution is 2.72. The van der Waals surface area contributed by atoms with E-state index < -0.39 is 63.7 Å². The Balaban J connectivity index is 1.99. The molecule has 0 spiro atoms. The van der Waals surface area contributed by atoms with Crippen molar-refractivity contribution in [1.82, 2.24) is 0 Å². The first-order valence-corrected chi connectivity index (χ1v) is 16.9. The fourth-order valence-electron chi connectivity index (χ4n) is 8.35. The smallest absolute Gasteiger partial charge is 0.333 e. The number of aliphatic hydroxyl groups excluding tert-OH is 1. The number of fused-ring (bicyclic) bond motifs is 1. The van der Waals surface area contributed by atoms with Gasteiger partial charge in [0.15, 0.2) is 5.78 Å². The first-order chi connectivity index (χ1) is 20.9. The number of ether oxygens (including phenoxy) is 2. The summed E-state index contributed by atoms with van der Waals surface area (Å²) in [5.74, 6) is -3.26. The normalized spacial score (nSPS) is 34.8. The monoisotopic (exact) mass is 630 g/mol. The van der Waals surface area contributed by atoms with Gasteiger partial charge in [-0.3, -0.25) is 9.59 Å². The van der Waals surface area contributed by atoms with Crippen molar-refractivity contribution in [2.45, 2.75) is 137 Å².